The van der Waals surface area contributed by atoms with E-state index in [1.807, 2.05) is 0 Å². The molecule has 0 saturated carbocycles. The van der Waals surface area contributed by atoms with Crippen LogP contribution in [0.3, 0.4) is 0 Å². The largest absolute Gasteiger partial charge is 0.463 e. The molecule has 5 atom stereocenters. The van der Waals surface area contributed by atoms with Crippen molar-refractivity contribution in [3.8, 4) is 5.75 Å². The number of carbonyl (C=O) groups excluding carboxylic acids is 5. The number of nitrogens with one attached hydrogen (secondary N) is 1. The van der Waals surface area contributed by atoms with E-state index >= 15 is 0 Å². The molecule has 12 nitrogen and oxygen atoms in total. The zero-order valence-corrected chi connectivity index (χ0v) is 22.4. The fourth-order valence-electron chi connectivity index (χ4n) is 4.02. The van der Waals surface area contributed by atoms with E-state index in [0.29, 0.717) is 11.1 Å². The predicted molar refractivity (Wildman–Crippen MR) is 139 cm³/mol. The summed E-state index contributed by atoms with van der Waals surface area (Å²) in [6.45, 7) is 4.38. The molecule has 1 aliphatic heterocycles. The van der Waals surface area contributed by atoms with Crippen LogP contribution in [-0.2, 0) is 38.1 Å². The molecule has 0 spiro atoms. The minimum atomic E-state index is -1.30. The number of benzene rings is 1. The van der Waals surface area contributed by atoms with E-state index in [0.717, 1.165) is 13.8 Å². The Bertz CT molecular complexity index is 1260. The highest BCUT2D eigenvalue weighted by molar-refractivity contribution is 6.06. The minimum absolute atomic E-state index is 0.261. The summed E-state index contributed by atoms with van der Waals surface area (Å²) < 4.78 is 28.2. The zero-order chi connectivity index (χ0) is 29.2. The van der Waals surface area contributed by atoms with Gasteiger partial charge in [-0.05, 0) is 30.4 Å². The molecule has 0 radical (unpaired) electrons. The summed E-state index contributed by atoms with van der Waals surface area (Å²) in [5.41, 5.74) is 0.942. The van der Waals surface area contributed by atoms with Gasteiger partial charge in [0.05, 0.1) is 0 Å². The Kier molecular flexibility index (Phi) is 10.5. The lowest BCUT2D eigenvalue weighted by molar-refractivity contribution is -0.257. The smallest absolute Gasteiger partial charge is 0.303 e. The molecule has 1 fully saturated rings. The minimum Gasteiger partial charge on any atom is -0.463 e. The average Bonchev–Trinajstić information content (AvgIpc) is 2.90. The number of hydrogen-bond donors (Lipinski definition) is 1. The van der Waals surface area contributed by atoms with Gasteiger partial charge in [-0.1, -0.05) is 18.2 Å². The van der Waals surface area contributed by atoms with Crippen molar-refractivity contribution >= 4 is 35.7 Å². The number of rotatable bonds is 10. The van der Waals surface area contributed by atoms with Gasteiger partial charge in [-0.2, -0.15) is 0 Å². The van der Waals surface area contributed by atoms with Gasteiger partial charge in [0, 0.05) is 51.2 Å². The third-order valence-electron chi connectivity index (χ3n) is 5.61. The molecule has 1 saturated heterocycles. The van der Waals surface area contributed by atoms with Gasteiger partial charge in [-0.3, -0.25) is 29.0 Å². The lowest BCUT2D eigenvalue weighted by Gasteiger charge is -2.44. The third-order valence-corrected chi connectivity index (χ3v) is 5.61. The molecule has 1 aliphatic rings. The highest BCUT2D eigenvalue weighted by atomic mass is 16.7. The monoisotopic (exact) mass is 554 g/mol. The number of para-hydroxylation sites is 1. The van der Waals surface area contributed by atoms with Crippen molar-refractivity contribution in [3.63, 3.8) is 0 Å². The van der Waals surface area contributed by atoms with Crippen LogP contribution >= 0.6 is 0 Å². The van der Waals surface area contributed by atoms with Gasteiger partial charge >= 0.3 is 17.9 Å². The number of aromatic nitrogens is 1. The number of nitrogens with zero attached hydrogens (tertiary/aromatic N) is 1. The van der Waals surface area contributed by atoms with Crippen molar-refractivity contribution in [3.05, 3.63) is 66.0 Å². The van der Waals surface area contributed by atoms with E-state index in [1.165, 1.54) is 32.3 Å². The van der Waals surface area contributed by atoms with Gasteiger partial charge in [0.1, 0.15) is 24.5 Å². The molecule has 1 aromatic heterocycles. The number of allylic oxidation sites excluding steroid dienone is 1. The number of amides is 1. The van der Waals surface area contributed by atoms with E-state index in [4.69, 9.17) is 23.7 Å². The number of ether oxygens (including phenoxy) is 5. The van der Waals surface area contributed by atoms with Crippen molar-refractivity contribution in [1.82, 2.24) is 10.3 Å². The van der Waals surface area contributed by atoms with Crippen LogP contribution in [0.2, 0.25) is 0 Å². The summed E-state index contributed by atoms with van der Waals surface area (Å²) in [6, 6.07) is 8.76. The standard InChI is InChI=1S/C28H30N2O10/c1-16(31)30-25-27(38-19(4)34)26(37-18(3)33)24(15-36-17(2)32)40-28(25)39-23-8-6-5-7-21(23)9-10-22(35)20-11-13-29-14-12-20/h5-14,24-28H,15H2,1-4H3,(H,30,31)/b10-9-. The number of pyridine rings is 1. The van der Waals surface area contributed by atoms with Crippen molar-refractivity contribution in [2.45, 2.75) is 58.3 Å². The van der Waals surface area contributed by atoms with Crippen LogP contribution in [-0.4, -0.2) is 71.8 Å². The molecule has 1 N–H and O–H groups in total. The molecule has 1 amide bonds. The first kappa shape index (κ1) is 30.0. The van der Waals surface area contributed by atoms with Crippen molar-refractivity contribution < 1.29 is 47.7 Å². The molecule has 2 heterocycles. The number of esters is 3. The molecule has 2 aromatic rings. The lowest BCUT2D eigenvalue weighted by atomic mass is 9.96. The maximum absolute atomic E-state index is 12.6. The Morgan fingerprint density at radius 3 is 2.17 bits per heavy atom. The maximum Gasteiger partial charge on any atom is 0.303 e. The molecule has 5 unspecified atom stereocenters. The Labute approximate surface area is 230 Å². The van der Waals surface area contributed by atoms with E-state index in [2.05, 4.69) is 10.3 Å². The van der Waals surface area contributed by atoms with Gasteiger partial charge < -0.3 is 29.0 Å². The number of hydrogen-bond acceptors (Lipinski definition) is 11. The second-order valence-corrected chi connectivity index (χ2v) is 8.81. The summed E-state index contributed by atoms with van der Waals surface area (Å²) in [7, 11) is 0. The van der Waals surface area contributed by atoms with Crippen molar-refractivity contribution in [2.75, 3.05) is 6.61 Å². The first-order valence-electron chi connectivity index (χ1n) is 12.3. The van der Waals surface area contributed by atoms with Crippen LogP contribution in [0.5, 0.6) is 5.75 Å². The van der Waals surface area contributed by atoms with Crippen molar-refractivity contribution in [2.24, 2.45) is 0 Å². The van der Waals surface area contributed by atoms with Gasteiger partial charge in [0.2, 0.25) is 12.2 Å². The molecule has 12 heteroatoms. The van der Waals surface area contributed by atoms with Crippen LogP contribution < -0.4 is 10.1 Å². The molecule has 1 aromatic carbocycles. The Balaban J connectivity index is 1.97. The summed E-state index contributed by atoms with van der Waals surface area (Å²) >= 11 is 0. The fraction of sp³-hybridized carbons (Fsp3) is 0.357. The van der Waals surface area contributed by atoms with E-state index < -0.39 is 54.5 Å². The normalized spacial score (nSPS) is 22.1. The van der Waals surface area contributed by atoms with Crippen LogP contribution in [0.25, 0.3) is 6.08 Å². The molecule has 0 aliphatic carbocycles. The fourth-order valence-corrected chi connectivity index (χ4v) is 4.02. The Hall–Kier alpha value is -4.58. The van der Waals surface area contributed by atoms with Crippen LogP contribution in [0, 0.1) is 0 Å². The van der Waals surface area contributed by atoms with Crippen molar-refractivity contribution in [1.29, 1.82) is 0 Å². The zero-order valence-electron chi connectivity index (χ0n) is 22.4. The highest BCUT2D eigenvalue weighted by Gasteiger charge is 2.52. The van der Waals surface area contributed by atoms with Gasteiger partial charge in [-0.25, -0.2) is 0 Å². The SMILES string of the molecule is CC(=O)NC1C(Oc2ccccc2/C=C\C(=O)c2ccncc2)OC(COC(C)=O)C(OC(C)=O)C1OC(C)=O. The topological polar surface area (TPSA) is 156 Å². The van der Waals surface area contributed by atoms with Gasteiger partial charge in [0.15, 0.2) is 18.0 Å². The van der Waals surface area contributed by atoms with E-state index in [1.54, 1.807) is 42.5 Å². The molecule has 40 heavy (non-hydrogen) atoms. The number of carbonyl (C=O) groups is 5. The highest BCUT2D eigenvalue weighted by Crippen LogP contribution is 2.30. The van der Waals surface area contributed by atoms with E-state index in [9.17, 15) is 24.0 Å². The summed E-state index contributed by atoms with van der Waals surface area (Å²) in [6.07, 6.45) is 1.01. The molecular weight excluding hydrogens is 524 g/mol. The number of ketones is 1. The quantitative estimate of drug-likeness (QED) is 0.198. The average molecular weight is 555 g/mol. The summed E-state index contributed by atoms with van der Waals surface area (Å²) in [4.78, 5) is 64.1. The molecular formula is C28H30N2O10. The van der Waals surface area contributed by atoms with Gasteiger partial charge in [0.25, 0.3) is 0 Å². The first-order valence-corrected chi connectivity index (χ1v) is 12.3. The maximum atomic E-state index is 12.6. The summed E-state index contributed by atoms with van der Waals surface area (Å²) in [5, 5.41) is 2.64. The van der Waals surface area contributed by atoms with E-state index in [-0.39, 0.29) is 18.1 Å². The Morgan fingerprint density at radius 1 is 0.900 bits per heavy atom. The summed E-state index contributed by atoms with van der Waals surface area (Å²) in [5.74, 6) is -2.56. The predicted octanol–water partition coefficient (Wildman–Crippen LogP) is 2.01. The molecule has 212 valence electrons. The first-order chi connectivity index (χ1) is 19.0. The van der Waals surface area contributed by atoms with Crippen LogP contribution in [0.15, 0.2) is 54.9 Å². The van der Waals surface area contributed by atoms with Crippen LogP contribution in [0.1, 0.15) is 43.6 Å². The van der Waals surface area contributed by atoms with Gasteiger partial charge in [-0.15, -0.1) is 0 Å². The molecule has 3 rings (SSSR count). The Morgan fingerprint density at radius 2 is 1.55 bits per heavy atom. The second-order valence-electron chi connectivity index (χ2n) is 8.81. The molecule has 0 bridgehead atoms. The van der Waals surface area contributed by atoms with Crippen LogP contribution in [0.4, 0.5) is 0 Å². The third kappa shape index (κ3) is 8.46. The second kappa shape index (κ2) is 14.0. The lowest BCUT2D eigenvalue weighted by Crippen LogP contribution is -2.67.